The normalized spacial score (nSPS) is 26.1. The summed E-state index contributed by atoms with van der Waals surface area (Å²) in [6.07, 6.45) is 1.68. The summed E-state index contributed by atoms with van der Waals surface area (Å²) in [5.74, 6) is -0.128. The van der Waals surface area contributed by atoms with Crippen LogP contribution in [-0.4, -0.2) is 11.4 Å². The fraction of sp³-hybridized carbons (Fsp3) is 0.600. The van der Waals surface area contributed by atoms with Gasteiger partial charge in [0, 0.05) is 6.42 Å². The molecule has 0 aromatic rings. The first-order valence-corrected chi connectivity index (χ1v) is 2.54. The lowest BCUT2D eigenvalue weighted by Gasteiger charge is -2.04. The van der Waals surface area contributed by atoms with Crippen LogP contribution >= 0.6 is 0 Å². The van der Waals surface area contributed by atoms with Gasteiger partial charge in [0.15, 0.2) is 6.26 Å². The van der Waals surface area contributed by atoms with Crippen molar-refractivity contribution in [2.24, 2.45) is 0 Å². The third-order valence-electron chi connectivity index (χ3n) is 0.906. The van der Waals surface area contributed by atoms with E-state index in [0.717, 1.165) is 6.42 Å². The quantitative estimate of drug-likeness (QED) is 0.558. The molecular formula is C5H8O3. The summed E-state index contributed by atoms with van der Waals surface area (Å²) in [4.78, 5) is 0. The van der Waals surface area contributed by atoms with Crippen molar-refractivity contribution in [3.05, 3.63) is 12.2 Å². The Hall–Kier alpha value is -0.860. The van der Waals surface area contributed by atoms with Crippen molar-refractivity contribution in [2.75, 3.05) is 0 Å². The lowest BCUT2D eigenvalue weighted by atomic mass is 10.5. The standard InChI is InChI=1S/C5H8O3/c1-2-5-7-3-4(6)8-5/h3,5-6H,2H2,1H3. The van der Waals surface area contributed by atoms with Gasteiger partial charge in [-0.05, 0) is 0 Å². The van der Waals surface area contributed by atoms with Gasteiger partial charge in [0.25, 0.3) is 0 Å². The molecule has 1 aliphatic rings. The van der Waals surface area contributed by atoms with E-state index in [4.69, 9.17) is 14.6 Å². The lowest BCUT2D eigenvalue weighted by Crippen LogP contribution is -2.05. The van der Waals surface area contributed by atoms with Crippen molar-refractivity contribution in [1.29, 1.82) is 0 Å². The van der Waals surface area contributed by atoms with Gasteiger partial charge in [-0.3, -0.25) is 0 Å². The molecule has 0 spiro atoms. The Morgan fingerprint density at radius 3 is 2.88 bits per heavy atom. The Labute approximate surface area is 47.5 Å². The third-order valence-corrected chi connectivity index (χ3v) is 0.906. The number of hydrogen-bond donors (Lipinski definition) is 1. The molecule has 0 aromatic carbocycles. The molecule has 1 N–H and O–H groups in total. The molecule has 3 nitrogen and oxygen atoms in total. The van der Waals surface area contributed by atoms with E-state index in [1.54, 1.807) is 0 Å². The maximum atomic E-state index is 8.54. The van der Waals surface area contributed by atoms with E-state index in [1.165, 1.54) is 6.26 Å². The summed E-state index contributed by atoms with van der Waals surface area (Å²) in [7, 11) is 0. The highest BCUT2D eigenvalue weighted by atomic mass is 16.8. The van der Waals surface area contributed by atoms with Gasteiger partial charge in [-0.2, -0.15) is 0 Å². The largest absolute Gasteiger partial charge is 0.479 e. The fourth-order valence-corrected chi connectivity index (χ4v) is 0.504. The summed E-state index contributed by atoms with van der Waals surface area (Å²) in [5, 5.41) is 8.54. The molecule has 0 aliphatic carbocycles. The molecule has 8 heavy (non-hydrogen) atoms. The molecule has 0 radical (unpaired) electrons. The smallest absolute Gasteiger partial charge is 0.316 e. The zero-order valence-electron chi connectivity index (χ0n) is 4.63. The predicted octanol–water partition coefficient (Wildman–Crippen LogP) is 1.13. The molecule has 3 heteroatoms. The molecule has 0 bridgehead atoms. The molecule has 46 valence electrons. The van der Waals surface area contributed by atoms with Crippen LogP contribution in [0.25, 0.3) is 0 Å². The number of ether oxygens (including phenoxy) is 2. The van der Waals surface area contributed by atoms with E-state index in [1.807, 2.05) is 6.92 Å². The second-order valence-corrected chi connectivity index (χ2v) is 1.55. The zero-order valence-corrected chi connectivity index (χ0v) is 4.63. The monoisotopic (exact) mass is 116 g/mol. The summed E-state index contributed by atoms with van der Waals surface area (Å²) in [5.41, 5.74) is 0. The Morgan fingerprint density at radius 1 is 1.88 bits per heavy atom. The Bertz CT molecular complexity index is 108. The molecule has 0 saturated heterocycles. The minimum Gasteiger partial charge on any atom is -0.479 e. The van der Waals surface area contributed by atoms with Crippen LogP contribution < -0.4 is 0 Å². The summed E-state index contributed by atoms with van der Waals surface area (Å²) >= 11 is 0. The van der Waals surface area contributed by atoms with Crippen molar-refractivity contribution in [3.8, 4) is 0 Å². The summed E-state index contributed by atoms with van der Waals surface area (Å²) in [6.45, 7) is 1.91. The minimum atomic E-state index is -0.269. The molecule has 1 unspecified atom stereocenters. The average Bonchev–Trinajstić information content (AvgIpc) is 2.14. The van der Waals surface area contributed by atoms with Crippen molar-refractivity contribution in [1.82, 2.24) is 0 Å². The summed E-state index contributed by atoms with van der Waals surface area (Å²) < 4.78 is 9.48. The van der Waals surface area contributed by atoms with E-state index in [9.17, 15) is 0 Å². The van der Waals surface area contributed by atoms with Crippen LogP contribution in [0.5, 0.6) is 0 Å². The highest BCUT2D eigenvalue weighted by molar-refractivity contribution is 4.78. The van der Waals surface area contributed by atoms with E-state index in [-0.39, 0.29) is 12.2 Å². The first kappa shape index (κ1) is 5.28. The maximum absolute atomic E-state index is 8.54. The van der Waals surface area contributed by atoms with Crippen molar-refractivity contribution < 1.29 is 14.6 Å². The number of rotatable bonds is 1. The van der Waals surface area contributed by atoms with Crippen LogP contribution in [0, 0.1) is 0 Å². The van der Waals surface area contributed by atoms with Gasteiger partial charge in [0.1, 0.15) is 0 Å². The van der Waals surface area contributed by atoms with Gasteiger partial charge in [-0.25, -0.2) is 0 Å². The van der Waals surface area contributed by atoms with E-state index in [0.29, 0.717) is 0 Å². The second-order valence-electron chi connectivity index (χ2n) is 1.55. The van der Waals surface area contributed by atoms with Gasteiger partial charge in [-0.15, -0.1) is 0 Å². The van der Waals surface area contributed by atoms with Crippen molar-refractivity contribution in [3.63, 3.8) is 0 Å². The second kappa shape index (κ2) is 1.94. The number of hydrogen-bond acceptors (Lipinski definition) is 3. The molecule has 0 saturated carbocycles. The van der Waals surface area contributed by atoms with Crippen LogP contribution in [-0.2, 0) is 9.47 Å². The Morgan fingerprint density at radius 2 is 2.62 bits per heavy atom. The Kier molecular flexibility index (Phi) is 1.28. The Balaban J connectivity index is 2.32. The van der Waals surface area contributed by atoms with Crippen LogP contribution in [0.15, 0.2) is 12.2 Å². The van der Waals surface area contributed by atoms with Crippen molar-refractivity contribution >= 4 is 0 Å². The highest BCUT2D eigenvalue weighted by Crippen LogP contribution is 2.12. The highest BCUT2D eigenvalue weighted by Gasteiger charge is 2.14. The van der Waals surface area contributed by atoms with Crippen molar-refractivity contribution in [2.45, 2.75) is 19.6 Å². The number of aliphatic hydroxyl groups excluding tert-OH is 1. The molecule has 1 heterocycles. The molecule has 0 aromatic heterocycles. The topological polar surface area (TPSA) is 38.7 Å². The zero-order chi connectivity index (χ0) is 5.98. The molecule has 1 atom stereocenters. The molecular weight excluding hydrogens is 108 g/mol. The predicted molar refractivity (Wildman–Crippen MR) is 27.0 cm³/mol. The van der Waals surface area contributed by atoms with E-state index < -0.39 is 0 Å². The molecule has 1 rings (SSSR count). The van der Waals surface area contributed by atoms with Crippen LogP contribution in [0.4, 0.5) is 0 Å². The summed E-state index contributed by atoms with van der Waals surface area (Å²) in [6, 6.07) is 0. The first-order chi connectivity index (χ1) is 3.83. The van der Waals surface area contributed by atoms with Gasteiger partial charge >= 0.3 is 5.95 Å². The average molecular weight is 116 g/mol. The van der Waals surface area contributed by atoms with Crippen LogP contribution in [0.1, 0.15) is 13.3 Å². The maximum Gasteiger partial charge on any atom is 0.316 e. The van der Waals surface area contributed by atoms with Gasteiger partial charge in [0.05, 0.1) is 0 Å². The molecule has 0 amide bonds. The van der Waals surface area contributed by atoms with Crippen LogP contribution in [0.2, 0.25) is 0 Å². The first-order valence-electron chi connectivity index (χ1n) is 2.54. The van der Waals surface area contributed by atoms with E-state index in [2.05, 4.69) is 0 Å². The fourth-order valence-electron chi connectivity index (χ4n) is 0.504. The SMILES string of the molecule is CCC1OC=C(O)O1. The van der Waals surface area contributed by atoms with Gasteiger partial charge in [-0.1, -0.05) is 6.92 Å². The molecule has 1 aliphatic heterocycles. The van der Waals surface area contributed by atoms with E-state index >= 15 is 0 Å². The van der Waals surface area contributed by atoms with Gasteiger partial charge < -0.3 is 14.6 Å². The third kappa shape index (κ3) is 0.857. The number of aliphatic hydroxyl groups is 1. The minimum absolute atomic E-state index is 0.128. The van der Waals surface area contributed by atoms with Gasteiger partial charge in [0.2, 0.25) is 6.29 Å². The van der Waals surface area contributed by atoms with Crippen LogP contribution in [0.3, 0.4) is 0 Å². The lowest BCUT2D eigenvalue weighted by molar-refractivity contribution is -0.0586. The molecule has 0 fully saturated rings.